The third-order valence-electron chi connectivity index (χ3n) is 2.47. The van der Waals surface area contributed by atoms with Gasteiger partial charge in [-0.1, -0.05) is 0 Å². The molecule has 7 nitrogen and oxygen atoms in total. The van der Waals surface area contributed by atoms with Crippen molar-refractivity contribution in [1.82, 2.24) is 30.6 Å². The Morgan fingerprint density at radius 3 is 1.89 bits per heavy atom. The molecule has 0 radical (unpaired) electrons. The van der Waals surface area contributed by atoms with E-state index in [1.54, 1.807) is 25.0 Å². The van der Waals surface area contributed by atoms with E-state index in [-0.39, 0.29) is 6.03 Å². The van der Waals surface area contributed by atoms with Gasteiger partial charge in [-0.05, 0) is 0 Å². The molecule has 0 saturated carbocycles. The first-order valence-corrected chi connectivity index (χ1v) is 5.81. The molecule has 2 heterocycles. The molecule has 7 heteroatoms. The average Bonchev–Trinajstić information content (AvgIpc) is 3.01. The molecular formula is C11H16N6O. The molecule has 4 N–H and O–H groups in total. The molecule has 0 aliphatic carbocycles. The molecule has 2 amide bonds. The molecule has 0 aliphatic heterocycles. The van der Waals surface area contributed by atoms with Crippen LogP contribution < -0.4 is 10.6 Å². The Morgan fingerprint density at radius 1 is 1.00 bits per heavy atom. The lowest BCUT2D eigenvalue weighted by Gasteiger charge is -2.06. The number of carbonyl (C=O) groups is 1. The summed E-state index contributed by atoms with van der Waals surface area (Å²) in [6, 6.07) is -0.158. The van der Waals surface area contributed by atoms with Crippen LogP contribution in [-0.2, 0) is 12.8 Å². The Labute approximate surface area is 104 Å². The Kier molecular flexibility index (Phi) is 4.34. The molecule has 2 aromatic rings. The lowest BCUT2D eigenvalue weighted by Crippen LogP contribution is -2.37. The number of urea groups is 1. The van der Waals surface area contributed by atoms with Gasteiger partial charge in [0.05, 0.1) is 12.7 Å². The number of rotatable bonds is 6. The van der Waals surface area contributed by atoms with Crippen LogP contribution in [0.5, 0.6) is 0 Å². The highest BCUT2D eigenvalue weighted by Crippen LogP contribution is 1.91. The maximum Gasteiger partial charge on any atom is 0.314 e. The highest BCUT2D eigenvalue weighted by atomic mass is 16.2. The number of carbonyl (C=O) groups excluding carboxylic acids is 1. The second kappa shape index (κ2) is 6.43. The van der Waals surface area contributed by atoms with Crippen molar-refractivity contribution in [3.8, 4) is 0 Å². The molecule has 0 fully saturated rings. The predicted octanol–water partition coefficient (Wildman–Crippen LogP) is 0.217. The largest absolute Gasteiger partial charge is 0.348 e. The Balaban J connectivity index is 1.55. The highest BCUT2D eigenvalue weighted by Gasteiger charge is 2.00. The summed E-state index contributed by atoms with van der Waals surface area (Å²) in [5.41, 5.74) is 2.01. The fraction of sp³-hybridized carbons (Fsp3) is 0.364. The van der Waals surface area contributed by atoms with E-state index < -0.39 is 0 Å². The minimum atomic E-state index is -0.158. The number of nitrogens with one attached hydrogen (secondary N) is 4. The van der Waals surface area contributed by atoms with E-state index in [1.165, 1.54) is 0 Å². The Hall–Kier alpha value is -2.31. The molecule has 0 atom stereocenters. The SMILES string of the molecule is O=C(NCCc1cnc[nH]1)NCCc1cnc[nH]1. The fourth-order valence-electron chi connectivity index (χ4n) is 1.53. The van der Waals surface area contributed by atoms with E-state index >= 15 is 0 Å². The van der Waals surface area contributed by atoms with Crippen LogP contribution in [0, 0.1) is 0 Å². The molecule has 0 unspecified atom stereocenters. The first kappa shape index (κ1) is 12.2. The molecule has 0 bridgehead atoms. The first-order valence-electron chi connectivity index (χ1n) is 5.81. The van der Waals surface area contributed by atoms with Gasteiger partial charge in [0.25, 0.3) is 0 Å². The fourth-order valence-corrected chi connectivity index (χ4v) is 1.53. The second-order valence-electron chi connectivity index (χ2n) is 3.84. The van der Waals surface area contributed by atoms with Crippen LogP contribution in [0.3, 0.4) is 0 Å². The lowest BCUT2D eigenvalue weighted by atomic mass is 10.3. The summed E-state index contributed by atoms with van der Waals surface area (Å²) < 4.78 is 0. The van der Waals surface area contributed by atoms with Gasteiger partial charge in [-0.15, -0.1) is 0 Å². The van der Waals surface area contributed by atoms with Crippen molar-refractivity contribution in [3.63, 3.8) is 0 Å². The lowest BCUT2D eigenvalue weighted by molar-refractivity contribution is 0.241. The van der Waals surface area contributed by atoms with E-state index in [2.05, 4.69) is 30.6 Å². The number of nitrogens with zero attached hydrogens (tertiary/aromatic N) is 2. The monoisotopic (exact) mass is 248 g/mol. The molecule has 2 rings (SSSR count). The predicted molar refractivity (Wildman–Crippen MR) is 66.0 cm³/mol. The van der Waals surface area contributed by atoms with E-state index in [0.29, 0.717) is 13.1 Å². The van der Waals surface area contributed by atoms with Crippen LogP contribution in [-0.4, -0.2) is 39.1 Å². The molecule has 0 saturated heterocycles. The van der Waals surface area contributed by atoms with Crippen LogP contribution in [0.25, 0.3) is 0 Å². The normalized spacial score (nSPS) is 10.2. The van der Waals surface area contributed by atoms with Crippen LogP contribution in [0.4, 0.5) is 4.79 Å². The van der Waals surface area contributed by atoms with Crippen molar-refractivity contribution in [2.75, 3.05) is 13.1 Å². The number of hydrogen-bond acceptors (Lipinski definition) is 3. The van der Waals surface area contributed by atoms with Gasteiger partial charge in [0.1, 0.15) is 0 Å². The van der Waals surface area contributed by atoms with Gasteiger partial charge in [0, 0.05) is 49.7 Å². The number of amides is 2. The highest BCUT2D eigenvalue weighted by molar-refractivity contribution is 5.73. The Morgan fingerprint density at radius 2 is 1.50 bits per heavy atom. The van der Waals surface area contributed by atoms with Crippen molar-refractivity contribution >= 4 is 6.03 Å². The quantitative estimate of drug-likeness (QED) is 0.588. The molecular weight excluding hydrogens is 232 g/mol. The summed E-state index contributed by atoms with van der Waals surface area (Å²) in [6.07, 6.45) is 8.23. The topological polar surface area (TPSA) is 98.5 Å². The van der Waals surface area contributed by atoms with E-state index in [9.17, 15) is 4.79 Å². The van der Waals surface area contributed by atoms with E-state index in [4.69, 9.17) is 0 Å². The summed E-state index contributed by atoms with van der Waals surface area (Å²) in [6.45, 7) is 1.16. The third-order valence-corrected chi connectivity index (χ3v) is 2.47. The van der Waals surface area contributed by atoms with Crippen LogP contribution in [0.2, 0.25) is 0 Å². The zero-order chi connectivity index (χ0) is 12.6. The smallest absolute Gasteiger partial charge is 0.314 e. The molecule has 96 valence electrons. The van der Waals surface area contributed by atoms with Crippen molar-refractivity contribution in [2.24, 2.45) is 0 Å². The van der Waals surface area contributed by atoms with Gasteiger partial charge in [0.15, 0.2) is 0 Å². The maximum absolute atomic E-state index is 11.4. The number of aromatic amines is 2. The zero-order valence-electron chi connectivity index (χ0n) is 9.94. The van der Waals surface area contributed by atoms with E-state index in [0.717, 1.165) is 24.2 Å². The van der Waals surface area contributed by atoms with Gasteiger partial charge >= 0.3 is 6.03 Å². The van der Waals surface area contributed by atoms with Crippen molar-refractivity contribution < 1.29 is 4.79 Å². The number of imidazole rings is 2. The van der Waals surface area contributed by atoms with Gasteiger partial charge < -0.3 is 20.6 Å². The summed E-state index contributed by atoms with van der Waals surface area (Å²) in [4.78, 5) is 25.2. The maximum atomic E-state index is 11.4. The summed E-state index contributed by atoms with van der Waals surface area (Å²) in [7, 11) is 0. The molecule has 0 aliphatic rings. The van der Waals surface area contributed by atoms with Gasteiger partial charge in [-0.2, -0.15) is 0 Å². The van der Waals surface area contributed by atoms with Gasteiger partial charge in [-0.25, -0.2) is 14.8 Å². The summed E-state index contributed by atoms with van der Waals surface area (Å²) >= 11 is 0. The average molecular weight is 248 g/mol. The first-order chi connectivity index (χ1) is 8.84. The molecule has 0 spiro atoms. The van der Waals surface area contributed by atoms with E-state index in [1.807, 2.05) is 0 Å². The minimum Gasteiger partial charge on any atom is -0.348 e. The summed E-state index contributed by atoms with van der Waals surface area (Å²) in [5.74, 6) is 0. The zero-order valence-corrected chi connectivity index (χ0v) is 9.94. The summed E-state index contributed by atoms with van der Waals surface area (Å²) in [5, 5.41) is 5.55. The standard InChI is InChI=1S/C11H16N6O/c18-11(14-3-1-9-5-12-7-16-9)15-4-2-10-6-13-8-17-10/h5-8H,1-4H2,(H,12,16)(H,13,17)(H2,14,15,18). The Bertz CT molecular complexity index is 408. The van der Waals surface area contributed by atoms with Crippen LogP contribution >= 0.6 is 0 Å². The molecule has 0 aromatic carbocycles. The third kappa shape index (κ3) is 3.93. The number of hydrogen-bond donors (Lipinski definition) is 4. The van der Waals surface area contributed by atoms with Crippen molar-refractivity contribution in [3.05, 3.63) is 36.4 Å². The van der Waals surface area contributed by atoms with Crippen molar-refractivity contribution in [2.45, 2.75) is 12.8 Å². The minimum absolute atomic E-state index is 0.158. The second-order valence-corrected chi connectivity index (χ2v) is 3.84. The molecule has 18 heavy (non-hydrogen) atoms. The molecule has 2 aromatic heterocycles. The van der Waals surface area contributed by atoms with Gasteiger partial charge in [0.2, 0.25) is 0 Å². The van der Waals surface area contributed by atoms with Crippen LogP contribution in [0.15, 0.2) is 25.0 Å². The van der Waals surface area contributed by atoms with Gasteiger partial charge in [-0.3, -0.25) is 0 Å². The van der Waals surface area contributed by atoms with Crippen molar-refractivity contribution in [1.29, 1.82) is 0 Å². The van der Waals surface area contributed by atoms with Crippen LogP contribution in [0.1, 0.15) is 11.4 Å². The number of H-pyrrole nitrogens is 2. The number of aromatic nitrogens is 4.